The minimum atomic E-state index is -4.82. The average molecular weight is 489 g/mol. The van der Waals surface area contributed by atoms with Gasteiger partial charge in [0.15, 0.2) is 0 Å². The van der Waals surface area contributed by atoms with E-state index >= 15 is 0 Å². The molecule has 2 heterocycles. The Hall–Kier alpha value is -3.47. The molecule has 0 radical (unpaired) electrons. The number of rotatable bonds is 10. The van der Waals surface area contributed by atoms with E-state index in [4.69, 9.17) is 5.73 Å². The van der Waals surface area contributed by atoms with Crippen molar-refractivity contribution in [2.75, 3.05) is 11.4 Å². The summed E-state index contributed by atoms with van der Waals surface area (Å²) < 4.78 is 41.4. The molecule has 0 spiro atoms. The van der Waals surface area contributed by atoms with Crippen LogP contribution in [0.5, 0.6) is 11.5 Å². The third-order valence-corrected chi connectivity index (χ3v) is 5.75. The van der Waals surface area contributed by atoms with Gasteiger partial charge in [0.25, 0.3) is 0 Å². The molecule has 35 heavy (non-hydrogen) atoms. The summed E-state index contributed by atoms with van der Waals surface area (Å²) >= 11 is 0. The number of halogens is 3. The Balaban J connectivity index is 1.49. The van der Waals surface area contributed by atoms with Gasteiger partial charge in [-0.15, -0.1) is 23.4 Å². The molecular formula is C24H27F3N6O2. The smallest absolute Gasteiger partial charge is 0.507 e. The van der Waals surface area contributed by atoms with Gasteiger partial charge in [-0.1, -0.05) is 19.4 Å². The molecule has 1 unspecified atom stereocenters. The van der Waals surface area contributed by atoms with Crippen LogP contribution in [-0.4, -0.2) is 50.3 Å². The van der Waals surface area contributed by atoms with Crippen LogP contribution in [0.1, 0.15) is 39.0 Å². The van der Waals surface area contributed by atoms with Gasteiger partial charge < -0.3 is 20.5 Å². The maximum absolute atomic E-state index is 12.5. The van der Waals surface area contributed by atoms with Crippen LogP contribution in [0.15, 0.2) is 42.9 Å². The monoisotopic (exact) mass is 488 g/mol. The summed E-state index contributed by atoms with van der Waals surface area (Å²) in [5.41, 5.74) is 7.77. The quantitative estimate of drug-likeness (QED) is 0.423. The third kappa shape index (κ3) is 6.56. The summed E-state index contributed by atoms with van der Waals surface area (Å²) in [6.45, 7) is 2.88. The van der Waals surface area contributed by atoms with Gasteiger partial charge in [-0.2, -0.15) is 0 Å². The molecule has 4 rings (SSSR count). The number of hydrogen-bond acceptors (Lipinski definition) is 8. The number of ether oxygens (including phenoxy) is 1. The van der Waals surface area contributed by atoms with E-state index in [1.165, 1.54) is 18.3 Å². The van der Waals surface area contributed by atoms with Crippen LogP contribution >= 0.6 is 0 Å². The fourth-order valence-corrected chi connectivity index (χ4v) is 3.87. The molecule has 1 fully saturated rings. The van der Waals surface area contributed by atoms with Gasteiger partial charge >= 0.3 is 6.36 Å². The van der Waals surface area contributed by atoms with Gasteiger partial charge in [0.2, 0.25) is 5.95 Å². The first kappa shape index (κ1) is 24.6. The fourth-order valence-electron chi connectivity index (χ4n) is 3.87. The van der Waals surface area contributed by atoms with Gasteiger partial charge in [-0.3, -0.25) is 4.98 Å². The van der Waals surface area contributed by atoms with Gasteiger partial charge in [0.05, 0.1) is 12.4 Å². The topological polar surface area (TPSA) is 110 Å². The van der Waals surface area contributed by atoms with Crippen molar-refractivity contribution in [3.8, 4) is 33.9 Å². The summed E-state index contributed by atoms with van der Waals surface area (Å²) in [5.74, 6) is -0.0261. The highest BCUT2D eigenvalue weighted by Gasteiger charge is 2.32. The Kier molecular flexibility index (Phi) is 7.34. The zero-order valence-corrected chi connectivity index (χ0v) is 19.2. The first-order chi connectivity index (χ1) is 16.7. The third-order valence-electron chi connectivity index (χ3n) is 5.75. The molecule has 3 N–H and O–H groups in total. The van der Waals surface area contributed by atoms with E-state index in [2.05, 4.69) is 36.7 Å². The Bertz CT molecular complexity index is 1140. The molecule has 0 amide bonds. The average Bonchev–Trinajstić information content (AvgIpc) is 3.64. The molecule has 3 aromatic rings. The lowest BCUT2D eigenvalue weighted by atomic mass is 10.0. The molecule has 0 saturated heterocycles. The number of aromatic nitrogens is 4. The van der Waals surface area contributed by atoms with E-state index in [1.807, 2.05) is 0 Å². The minimum Gasteiger partial charge on any atom is -0.507 e. The van der Waals surface area contributed by atoms with E-state index in [-0.39, 0.29) is 11.8 Å². The minimum absolute atomic E-state index is 0.113. The highest BCUT2D eigenvalue weighted by molar-refractivity contribution is 5.74. The standard InChI is InChI=1S/C24H27F3N6O2/c1-2-3-17(28)8-9-33(18-5-6-18)23-30-14-21(31-32-23)20-7-4-15(11-22(20)34)16-10-19(13-29-12-16)35-24(25,26)27/h4,7,10-14,17-18,34H,2-3,5-6,8-9,28H2,1H3. The van der Waals surface area contributed by atoms with Crippen LogP contribution in [-0.2, 0) is 0 Å². The maximum Gasteiger partial charge on any atom is 0.573 e. The molecule has 8 nitrogen and oxygen atoms in total. The second-order valence-electron chi connectivity index (χ2n) is 8.59. The van der Waals surface area contributed by atoms with Crippen molar-refractivity contribution >= 4 is 5.95 Å². The Labute approximate surface area is 201 Å². The van der Waals surface area contributed by atoms with Crippen molar-refractivity contribution < 1.29 is 23.0 Å². The number of aromatic hydroxyl groups is 1. The number of hydrogen-bond donors (Lipinski definition) is 2. The molecule has 11 heteroatoms. The van der Waals surface area contributed by atoms with Gasteiger partial charge in [-0.05, 0) is 49.4 Å². The van der Waals surface area contributed by atoms with Crippen molar-refractivity contribution in [2.45, 2.75) is 57.5 Å². The number of nitrogens with two attached hydrogens (primary N) is 1. The Morgan fingerprint density at radius 2 is 1.91 bits per heavy atom. The number of anilines is 1. The van der Waals surface area contributed by atoms with Crippen molar-refractivity contribution in [2.24, 2.45) is 5.73 Å². The van der Waals surface area contributed by atoms with Crippen LogP contribution in [0.4, 0.5) is 19.1 Å². The van der Waals surface area contributed by atoms with Crippen molar-refractivity contribution in [3.05, 3.63) is 42.9 Å². The van der Waals surface area contributed by atoms with Crippen LogP contribution in [0.2, 0.25) is 0 Å². The molecule has 0 bridgehead atoms. The second-order valence-corrected chi connectivity index (χ2v) is 8.59. The number of benzene rings is 1. The molecule has 186 valence electrons. The normalized spacial score (nSPS) is 14.5. The number of nitrogens with zero attached hydrogens (tertiary/aromatic N) is 5. The van der Waals surface area contributed by atoms with Gasteiger partial charge in [-0.25, -0.2) is 4.98 Å². The maximum atomic E-state index is 12.5. The molecule has 1 aliphatic rings. The van der Waals surface area contributed by atoms with E-state index < -0.39 is 12.1 Å². The molecule has 2 aromatic heterocycles. The summed E-state index contributed by atoms with van der Waals surface area (Å²) in [6.07, 6.45) is 4.12. The lowest BCUT2D eigenvalue weighted by Crippen LogP contribution is -2.33. The number of phenolic OH excluding ortho intramolecular Hbond substituents is 1. The number of pyridine rings is 1. The fraction of sp³-hybridized carbons (Fsp3) is 0.417. The first-order valence-corrected chi connectivity index (χ1v) is 11.5. The van der Waals surface area contributed by atoms with E-state index in [1.54, 1.807) is 18.3 Å². The van der Waals surface area contributed by atoms with Gasteiger partial charge in [0, 0.05) is 36.0 Å². The Morgan fingerprint density at radius 3 is 2.54 bits per heavy atom. The lowest BCUT2D eigenvalue weighted by Gasteiger charge is -2.23. The van der Waals surface area contributed by atoms with E-state index in [9.17, 15) is 18.3 Å². The SMILES string of the molecule is CCCC(N)CCN(c1ncc(-c2ccc(-c3cncc(OC(F)(F)F)c3)cc2O)nn1)C1CC1. The zero-order chi connectivity index (χ0) is 25.0. The van der Waals surface area contributed by atoms with E-state index in [0.717, 1.165) is 44.8 Å². The molecule has 1 aromatic carbocycles. The van der Waals surface area contributed by atoms with Gasteiger partial charge in [0.1, 0.15) is 17.2 Å². The summed E-state index contributed by atoms with van der Waals surface area (Å²) in [6, 6.07) is 6.41. The largest absolute Gasteiger partial charge is 0.573 e. The molecule has 1 atom stereocenters. The van der Waals surface area contributed by atoms with Crippen molar-refractivity contribution in [3.63, 3.8) is 0 Å². The Morgan fingerprint density at radius 1 is 1.11 bits per heavy atom. The first-order valence-electron chi connectivity index (χ1n) is 11.5. The number of alkyl halides is 3. The van der Waals surface area contributed by atoms with Crippen LogP contribution in [0, 0.1) is 0 Å². The molecule has 1 aliphatic carbocycles. The highest BCUT2D eigenvalue weighted by Crippen LogP contribution is 2.34. The van der Waals surface area contributed by atoms with E-state index in [0.29, 0.717) is 34.4 Å². The number of phenols is 1. The summed E-state index contributed by atoms with van der Waals surface area (Å²) in [5, 5.41) is 19.1. The lowest BCUT2D eigenvalue weighted by molar-refractivity contribution is -0.274. The molecule has 0 aliphatic heterocycles. The molecule has 1 saturated carbocycles. The van der Waals surface area contributed by atoms with Crippen LogP contribution in [0.3, 0.4) is 0 Å². The van der Waals surface area contributed by atoms with Crippen molar-refractivity contribution in [1.82, 2.24) is 20.2 Å². The predicted octanol–water partition coefficient (Wildman–Crippen LogP) is 4.69. The molecular weight excluding hydrogens is 461 g/mol. The highest BCUT2D eigenvalue weighted by atomic mass is 19.4. The summed E-state index contributed by atoms with van der Waals surface area (Å²) in [7, 11) is 0. The summed E-state index contributed by atoms with van der Waals surface area (Å²) in [4.78, 5) is 10.4. The second kappa shape index (κ2) is 10.4. The van der Waals surface area contributed by atoms with Crippen LogP contribution < -0.4 is 15.4 Å². The van der Waals surface area contributed by atoms with Crippen molar-refractivity contribution in [1.29, 1.82) is 0 Å². The van der Waals surface area contributed by atoms with Crippen LogP contribution in [0.25, 0.3) is 22.4 Å². The predicted molar refractivity (Wildman–Crippen MR) is 125 cm³/mol. The zero-order valence-electron chi connectivity index (χ0n) is 19.2.